The fourth-order valence-corrected chi connectivity index (χ4v) is 2.60. The molecule has 3 aromatic rings. The van der Waals surface area contributed by atoms with Crippen molar-refractivity contribution in [3.63, 3.8) is 0 Å². The molecule has 0 aliphatic carbocycles. The molecule has 0 spiro atoms. The van der Waals surface area contributed by atoms with Crippen LogP contribution in [-0.2, 0) is 4.79 Å². The summed E-state index contributed by atoms with van der Waals surface area (Å²) in [6, 6.07) is 13.1. The Morgan fingerprint density at radius 3 is 2.69 bits per heavy atom. The van der Waals surface area contributed by atoms with E-state index in [2.05, 4.69) is 15.5 Å². The van der Waals surface area contributed by atoms with Gasteiger partial charge in [-0.15, -0.1) is 5.10 Å². The number of nitrogens with one attached hydrogen (secondary N) is 1. The second-order valence-corrected chi connectivity index (χ2v) is 6.06. The molecular weight excluding hydrogens is 334 g/mol. The Bertz CT molecular complexity index is 967. The first-order chi connectivity index (χ1) is 12.6. The third kappa shape index (κ3) is 3.11. The van der Waals surface area contributed by atoms with Gasteiger partial charge in [-0.3, -0.25) is 10.1 Å². The molecule has 1 aliphatic rings. The third-order valence-electron chi connectivity index (χ3n) is 4.21. The number of hydrogen-bond donors (Lipinski definition) is 1. The summed E-state index contributed by atoms with van der Waals surface area (Å²) in [5, 5.41) is 10.4. The topological polar surface area (TPSA) is 86.5 Å². The van der Waals surface area contributed by atoms with E-state index in [0.29, 0.717) is 17.4 Å². The molecule has 0 bridgehead atoms. The van der Waals surface area contributed by atoms with E-state index in [0.717, 1.165) is 11.1 Å². The molecule has 2 heterocycles. The van der Waals surface area contributed by atoms with E-state index in [4.69, 9.17) is 13.9 Å². The zero-order chi connectivity index (χ0) is 18.1. The van der Waals surface area contributed by atoms with Crippen LogP contribution in [0.5, 0.6) is 11.5 Å². The molecule has 0 unspecified atom stereocenters. The highest BCUT2D eigenvalue weighted by Gasteiger charge is 2.28. The Hall–Kier alpha value is -3.35. The smallest absolute Gasteiger partial charge is 0.322 e. The SMILES string of the molecule is Cc1ccc(-c2nnc(NC(=O)[C@H]3COc4ccccc4O3)o2)cc1C. The second kappa shape index (κ2) is 6.51. The van der Waals surface area contributed by atoms with E-state index in [1.807, 2.05) is 44.2 Å². The number of benzene rings is 2. The number of amides is 1. The van der Waals surface area contributed by atoms with Crippen molar-refractivity contribution in [1.29, 1.82) is 0 Å². The zero-order valence-corrected chi connectivity index (χ0v) is 14.4. The van der Waals surface area contributed by atoms with Crippen molar-refractivity contribution in [3.05, 3.63) is 53.6 Å². The number of nitrogens with zero attached hydrogens (tertiary/aromatic N) is 2. The average molecular weight is 351 g/mol. The van der Waals surface area contributed by atoms with Crippen LogP contribution < -0.4 is 14.8 Å². The van der Waals surface area contributed by atoms with Crippen molar-refractivity contribution in [1.82, 2.24) is 10.2 Å². The Kier molecular flexibility index (Phi) is 4.04. The molecule has 2 aromatic carbocycles. The molecule has 26 heavy (non-hydrogen) atoms. The van der Waals surface area contributed by atoms with Crippen LogP contribution in [0.25, 0.3) is 11.5 Å². The quantitative estimate of drug-likeness (QED) is 0.780. The standard InChI is InChI=1S/C19H17N3O4/c1-11-7-8-13(9-12(11)2)18-21-22-19(26-18)20-17(23)16-10-24-14-5-3-4-6-15(14)25-16/h3-9,16H,10H2,1-2H3,(H,20,22,23)/t16-/m1/s1. The monoisotopic (exact) mass is 351 g/mol. The summed E-state index contributed by atoms with van der Waals surface area (Å²) in [6.45, 7) is 4.15. The lowest BCUT2D eigenvalue weighted by Crippen LogP contribution is -2.40. The van der Waals surface area contributed by atoms with Crippen molar-refractivity contribution in [3.8, 4) is 23.0 Å². The summed E-state index contributed by atoms with van der Waals surface area (Å²) in [5.41, 5.74) is 3.10. The number of para-hydroxylation sites is 2. The number of anilines is 1. The molecule has 7 heteroatoms. The highest BCUT2D eigenvalue weighted by Crippen LogP contribution is 2.31. The maximum absolute atomic E-state index is 12.4. The first-order valence-corrected chi connectivity index (χ1v) is 8.20. The molecule has 7 nitrogen and oxygen atoms in total. The van der Waals surface area contributed by atoms with Gasteiger partial charge in [-0.1, -0.05) is 23.3 Å². The van der Waals surface area contributed by atoms with E-state index < -0.39 is 12.0 Å². The Labute approximate surface area is 150 Å². The van der Waals surface area contributed by atoms with Crippen molar-refractivity contribution in [2.24, 2.45) is 0 Å². The van der Waals surface area contributed by atoms with E-state index >= 15 is 0 Å². The second-order valence-electron chi connectivity index (χ2n) is 6.06. The van der Waals surface area contributed by atoms with Gasteiger partial charge in [-0.2, -0.15) is 0 Å². The van der Waals surface area contributed by atoms with Gasteiger partial charge in [0.05, 0.1) is 0 Å². The van der Waals surface area contributed by atoms with Gasteiger partial charge in [0.2, 0.25) is 12.0 Å². The number of hydrogen-bond acceptors (Lipinski definition) is 6. The van der Waals surface area contributed by atoms with Gasteiger partial charge in [0.1, 0.15) is 6.61 Å². The van der Waals surface area contributed by atoms with Gasteiger partial charge in [0.15, 0.2) is 11.5 Å². The van der Waals surface area contributed by atoms with Crippen LogP contribution >= 0.6 is 0 Å². The van der Waals surface area contributed by atoms with Gasteiger partial charge in [-0.25, -0.2) is 0 Å². The van der Waals surface area contributed by atoms with Crippen LogP contribution in [0.2, 0.25) is 0 Å². The predicted octanol–water partition coefficient (Wildman–Crippen LogP) is 3.13. The van der Waals surface area contributed by atoms with Crippen LogP contribution in [-0.4, -0.2) is 28.8 Å². The number of rotatable bonds is 3. The fourth-order valence-electron chi connectivity index (χ4n) is 2.60. The maximum Gasteiger partial charge on any atom is 0.322 e. The molecule has 1 amide bonds. The fraction of sp³-hybridized carbons (Fsp3) is 0.211. The first-order valence-electron chi connectivity index (χ1n) is 8.20. The van der Waals surface area contributed by atoms with Crippen molar-refractivity contribution < 1.29 is 18.7 Å². The lowest BCUT2D eigenvalue weighted by atomic mass is 10.1. The summed E-state index contributed by atoms with van der Waals surface area (Å²) >= 11 is 0. The van der Waals surface area contributed by atoms with Crippen molar-refractivity contribution in [2.75, 3.05) is 11.9 Å². The Morgan fingerprint density at radius 2 is 1.88 bits per heavy atom. The molecule has 1 aliphatic heterocycles. The van der Waals surface area contributed by atoms with Crippen LogP contribution in [0, 0.1) is 13.8 Å². The molecule has 1 aromatic heterocycles. The molecular formula is C19H17N3O4. The lowest BCUT2D eigenvalue weighted by molar-refractivity contribution is -0.125. The number of aryl methyl sites for hydroxylation is 2. The minimum absolute atomic E-state index is 0.0192. The van der Waals surface area contributed by atoms with E-state index in [1.54, 1.807) is 12.1 Å². The molecule has 0 fully saturated rings. The number of aromatic nitrogens is 2. The lowest BCUT2D eigenvalue weighted by Gasteiger charge is -2.24. The summed E-state index contributed by atoms with van der Waals surface area (Å²) < 4.78 is 16.7. The number of fused-ring (bicyclic) bond motifs is 1. The summed E-state index contributed by atoms with van der Waals surface area (Å²) in [6.07, 6.45) is -0.790. The Morgan fingerprint density at radius 1 is 1.08 bits per heavy atom. The van der Waals surface area contributed by atoms with Crippen molar-refractivity contribution in [2.45, 2.75) is 20.0 Å². The Balaban J connectivity index is 1.46. The maximum atomic E-state index is 12.4. The largest absolute Gasteiger partial charge is 0.485 e. The predicted molar refractivity (Wildman–Crippen MR) is 94.2 cm³/mol. The minimum atomic E-state index is -0.790. The van der Waals surface area contributed by atoms with Gasteiger partial charge >= 0.3 is 6.01 Å². The normalized spacial score (nSPS) is 15.5. The molecule has 0 saturated heterocycles. The zero-order valence-electron chi connectivity index (χ0n) is 14.4. The molecule has 0 radical (unpaired) electrons. The number of carbonyl (C=O) groups is 1. The van der Waals surface area contributed by atoms with Gasteiger partial charge in [0.25, 0.3) is 5.91 Å². The summed E-state index contributed by atoms with van der Waals surface area (Å²) in [5.74, 6) is 1.08. The van der Waals surface area contributed by atoms with Gasteiger partial charge < -0.3 is 13.9 Å². The minimum Gasteiger partial charge on any atom is -0.485 e. The molecule has 1 atom stereocenters. The van der Waals surface area contributed by atoms with Crippen LogP contribution in [0.3, 0.4) is 0 Å². The number of ether oxygens (including phenoxy) is 2. The number of carbonyl (C=O) groups excluding carboxylic acids is 1. The van der Waals surface area contributed by atoms with Crippen LogP contribution in [0.4, 0.5) is 6.01 Å². The van der Waals surface area contributed by atoms with Gasteiger partial charge in [0, 0.05) is 5.56 Å². The molecule has 1 N–H and O–H groups in total. The van der Waals surface area contributed by atoms with Crippen molar-refractivity contribution >= 4 is 11.9 Å². The summed E-state index contributed by atoms with van der Waals surface area (Å²) in [7, 11) is 0. The summed E-state index contributed by atoms with van der Waals surface area (Å²) in [4.78, 5) is 12.4. The van der Waals surface area contributed by atoms with E-state index in [-0.39, 0.29) is 12.6 Å². The van der Waals surface area contributed by atoms with Crippen LogP contribution in [0.1, 0.15) is 11.1 Å². The highest BCUT2D eigenvalue weighted by molar-refractivity contribution is 5.93. The first kappa shape index (κ1) is 16.1. The van der Waals surface area contributed by atoms with E-state index in [9.17, 15) is 4.79 Å². The van der Waals surface area contributed by atoms with Gasteiger partial charge in [-0.05, 0) is 49.2 Å². The third-order valence-corrected chi connectivity index (χ3v) is 4.21. The van der Waals surface area contributed by atoms with E-state index in [1.165, 1.54) is 5.56 Å². The molecule has 0 saturated carbocycles. The molecule has 132 valence electrons. The van der Waals surface area contributed by atoms with Crippen LogP contribution in [0.15, 0.2) is 46.9 Å². The molecule has 4 rings (SSSR count). The highest BCUT2D eigenvalue weighted by atomic mass is 16.6. The average Bonchev–Trinajstić information content (AvgIpc) is 3.12.